The van der Waals surface area contributed by atoms with Crippen LogP contribution in [-0.4, -0.2) is 19.5 Å². The normalized spacial score (nSPS) is 11.0. The van der Waals surface area contributed by atoms with E-state index in [2.05, 4.69) is 37.8 Å². The van der Waals surface area contributed by atoms with Gasteiger partial charge in [0.25, 0.3) is 0 Å². The smallest absolute Gasteiger partial charge is 0.149 e. The van der Waals surface area contributed by atoms with E-state index in [-0.39, 0.29) is 0 Å². The number of imidazole rings is 1. The molecule has 3 rings (SSSR count). The number of rotatable bonds is 2. The average molecular weight is 303 g/mol. The van der Waals surface area contributed by atoms with E-state index in [0.29, 0.717) is 0 Å². The van der Waals surface area contributed by atoms with Gasteiger partial charge < -0.3 is 0 Å². The number of hydrogen-bond acceptors (Lipinski definition) is 3. The predicted molar refractivity (Wildman–Crippen MR) is 73.7 cm³/mol. The molecular formula is C13H11BrN4. The van der Waals surface area contributed by atoms with Gasteiger partial charge in [-0.2, -0.15) is 0 Å². The van der Waals surface area contributed by atoms with E-state index in [1.165, 1.54) is 0 Å². The summed E-state index contributed by atoms with van der Waals surface area (Å²) in [6, 6.07) is 5.99. The number of halogens is 1. The van der Waals surface area contributed by atoms with Crippen molar-refractivity contribution < 1.29 is 0 Å². The SMILES string of the molecule is CCc1nccn1-c1ncnc2ccc(Br)cc12. The fourth-order valence-electron chi connectivity index (χ4n) is 2.00. The monoisotopic (exact) mass is 302 g/mol. The molecule has 0 bridgehead atoms. The molecule has 0 N–H and O–H groups in total. The average Bonchev–Trinajstić information content (AvgIpc) is 2.86. The van der Waals surface area contributed by atoms with Gasteiger partial charge in [-0.3, -0.25) is 4.57 Å². The Morgan fingerprint density at radius 1 is 1.22 bits per heavy atom. The van der Waals surface area contributed by atoms with Crippen LogP contribution in [0.4, 0.5) is 0 Å². The van der Waals surface area contributed by atoms with Gasteiger partial charge in [0, 0.05) is 28.7 Å². The van der Waals surface area contributed by atoms with Crippen LogP contribution in [0.2, 0.25) is 0 Å². The predicted octanol–water partition coefficient (Wildman–Crippen LogP) is 3.14. The van der Waals surface area contributed by atoms with Crippen molar-refractivity contribution >= 4 is 26.8 Å². The molecule has 2 aromatic heterocycles. The molecule has 0 unspecified atom stereocenters. The Morgan fingerprint density at radius 2 is 2.11 bits per heavy atom. The Hall–Kier alpha value is -1.75. The highest BCUT2D eigenvalue weighted by Gasteiger charge is 2.09. The molecule has 0 spiro atoms. The maximum Gasteiger partial charge on any atom is 0.149 e. The van der Waals surface area contributed by atoms with E-state index in [0.717, 1.165) is 33.4 Å². The quantitative estimate of drug-likeness (QED) is 0.730. The summed E-state index contributed by atoms with van der Waals surface area (Å²) in [5.41, 5.74) is 0.930. The summed E-state index contributed by atoms with van der Waals surface area (Å²) in [7, 11) is 0. The van der Waals surface area contributed by atoms with Crippen molar-refractivity contribution in [3.05, 3.63) is 47.2 Å². The molecule has 0 radical (unpaired) electrons. The Labute approximate surface area is 113 Å². The van der Waals surface area contributed by atoms with Gasteiger partial charge >= 0.3 is 0 Å². The third kappa shape index (κ3) is 1.80. The largest absolute Gasteiger partial charge is 0.287 e. The first kappa shape index (κ1) is 11.3. The first-order valence-corrected chi connectivity index (χ1v) is 6.51. The minimum atomic E-state index is 0.868. The highest BCUT2D eigenvalue weighted by Crippen LogP contribution is 2.23. The molecule has 1 aromatic carbocycles. The summed E-state index contributed by atoms with van der Waals surface area (Å²) in [5, 5.41) is 1.01. The first-order chi connectivity index (χ1) is 8.79. The van der Waals surface area contributed by atoms with Crippen LogP contribution in [0.25, 0.3) is 16.7 Å². The van der Waals surface area contributed by atoms with Crippen LogP contribution in [0.5, 0.6) is 0 Å². The molecule has 0 saturated carbocycles. The summed E-state index contributed by atoms with van der Waals surface area (Å²) < 4.78 is 3.03. The fraction of sp³-hybridized carbons (Fsp3) is 0.154. The molecule has 0 fully saturated rings. The number of hydrogen-bond donors (Lipinski definition) is 0. The van der Waals surface area contributed by atoms with Gasteiger partial charge in [-0.25, -0.2) is 15.0 Å². The van der Waals surface area contributed by atoms with Crippen molar-refractivity contribution in [1.29, 1.82) is 0 Å². The number of aryl methyl sites for hydroxylation is 1. The Balaban J connectivity index is 2.32. The number of aromatic nitrogens is 4. The molecule has 2 heterocycles. The van der Waals surface area contributed by atoms with Gasteiger partial charge in [0.05, 0.1) is 5.52 Å². The summed E-state index contributed by atoms with van der Waals surface area (Å²) >= 11 is 3.49. The van der Waals surface area contributed by atoms with Crippen LogP contribution in [0.3, 0.4) is 0 Å². The lowest BCUT2D eigenvalue weighted by Gasteiger charge is -2.08. The Bertz CT molecular complexity index is 705. The van der Waals surface area contributed by atoms with E-state index in [4.69, 9.17) is 0 Å². The van der Waals surface area contributed by atoms with Gasteiger partial charge in [-0.15, -0.1) is 0 Å². The number of benzene rings is 1. The summed E-state index contributed by atoms with van der Waals surface area (Å²) in [6.07, 6.45) is 6.18. The molecule has 5 heteroatoms. The van der Waals surface area contributed by atoms with Crippen LogP contribution in [0.1, 0.15) is 12.7 Å². The number of nitrogens with zero attached hydrogens (tertiary/aromatic N) is 4. The highest BCUT2D eigenvalue weighted by molar-refractivity contribution is 9.10. The third-order valence-corrected chi connectivity index (χ3v) is 3.33. The molecule has 0 aliphatic rings. The summed E-state index contributed by atoms with van der Waals surface area (Å²) in [5.74, 6) is 1.87. The molecule has 0 aliphatic carbocycles. The van der Waals surface area contributed by atoms with Crippen molar-refractivity contribution in [3.8, 4) is 5.82 Å². The number of fused-ring (bicyclic) bond motifs is 1. The second-order valence-electron chi connectivity index (χ2n) is 3.93. The zero-order chi connectivity index (χ0) is 12.5. The van der Waals surface area contributed by atoms with Gasteiger partial charge in [0.15, 0.2) is 0 Å². The van der Waals surface area contributed by atoms with E-state index in [1.54, 1.807) is 12.5 Å². The molecule has 90 valence electrons. The van der Waals surface area contributed by atoms with Crippen molar-refractivity contribution in [1.82, 2.24) is 19.5 Å². The van der Waals surface area contributed by atoms with Crippen molar-refractivity contribution in [2.75, 3.05) is 0 Å². The van der Waals surface area contributed by atoms with Gasteiger partial charge in [-0.05, 0) is 18.2 Å². The summed E-state index contributed by atoms with van der Waals surface area (Å²) in [6.45, 7) is 2.08. The minimum Gasteiger partial charge on any atom is -0.287 e. The molecule has 4 nitrogen and oxygen atoms in total. The molecular weight excluding hydrogens is 292 g/mol. The minimum absolute atomic E-state index is 0.868. The zero-order valence-electron chi connectivity index (χ0n) is 9.84. The van der Waals surface area contributed by atoms with Crippen LogP contribution in [-0.2, 0) is 6.42 Å². The molecule has 3 aromatic rings. The third-order valence-electron chi connectivity index (χ3n) is 2.84. The molecule has 0 saturated heterocycles. The Morgan fingerprint density at radius 3 is 2.94 bits per heavy atom. The Kier molecular flexibility index (Phi) is 2.83. The lowest BCUT2D eigenvalue weighted by atomic mass is 10.2. The van der Waals surface area contributed by atoms with Crippen LogP contribution in [0.15, 0.2) is 41.4 Å². The van der Waals surface area contributed by atoms with Crippen molar-refractivity contribution in [3.63, 3.8) is 0 Å². The van der Waals surface area contributed by atoms with Crippen molar-refractivity contribution in [2.45, 2.75) is 13.3 Å². The first-order valence-electron chi connectivity index (χ1n) is 5.72. The topological polar surface area (TPSA) is 43.6 Å². The van der Waals surface area contributed by atoms with E-state index < -0.39 is 0 Å². The lowest BCUT2D eigenvalue weighted by Crippen LogP contribution is -2.03. The molecule has 18 heavy (non-hydrogen) atoms. The second kappa shape index (κ2) is 4.49. The highest BCUT2D eigenvalue weighted by atomic mass is 79.9. The molecule has 0 aliphatic heterocycles. The van der Waals surface area contributed by atoms with Crippen LogP contribution in [0, 0.1) is 0 Å². The van der Waals surface area contributed by atoms with Crippen LogP contribution < -0.4 is 0 Å². The maximum atomic E-state index is 4.39. The van der Waals surface area contributed by atoms with Gasteiger partial charge in [0.2, 0.25) is 0 Å². The van der Waals surface area contributed by atoms with Crippen molar-refractivity contribution in [2.24, 2.45) is 0 Å². The summed E-state index contributed by atoms with van der Waals surface area (Å²) in [4.78, 5) is 13.0. The van der Waals surface area contributed by atoms with E-state index >= 15 is 0 Å². The van der Waals surface area contributed by atoms with E-state index in [1.807, 2.05) is 29.0 Å². The molecule has 0 atom stereocenters. The molecule has 0 amide bonds. The zero-order valence-corrected chi connectivity index (χ0v) is 11.4. The van der Waals surface area contributed by atoms with E-state index in [9.17, 15) is 0 Å². The lowest BCUT2D eigenvalue weighted by molar-refractivity contribution is 0.870. The second-order valence-corrected chi connectivity index (χ2v) is 4.84. The standard InChI is InChI=1S/C13H11BrN4/c1-2-12-15-5-6-18(12)13-10-7-9(14)3-4-11(10)16-8-17-13/h3-8H,2H2,1H3. The fourth-order valence-corrected chi connectivity index (χ4v) is 2.36. The van der Waals surface area contributed by atoms with Crippen LogP contribution >= 0.6 is 15.9 Å². The van der Waals surface area contributed by atoms with Gasteiger partial charge in [0.1, 0.15) is 18.0 Å². The maximum absolute atomic E-state index is 4.39. The van der Waals surface area contributed by atoms with Gasteiger partial charge in [-0.1, -0.05) is 22.9 Å².